The van der Waals surface area contributed by atoms with E-state index in [0.717, 1.165) is 66.2 Å². The van der Waals surface area contributed by atoms with Crippen LogP contribution in [0.4, 0.5) is 0 Å². The van der Waals surface area contributed by atoms with Gasteiger partial charge >= 0.3 is 0 Å². The van der Waals surface area contributed by atoms with Crippen LogP contribution >= 0.6 is 0 Å². The molecule has 49 heavy (non-hydrogen) atoms. The highest BCUT2D eigenvalue weighted by Gasteiger charge is 2.25. The lowest BCUT2D eigenvalue weighted by Gasteiger charge is -2.24. The minimum absolute atomic E-state index is 0.0872. The third-order valence-electron chi connectivity index (χ3n) is 9.86. The Kier molecular flexibility index (Phi) is 5.98. The van der Waals surface area contributed by atoms with E-state index in [1.807, 2.05) is 30.3 Å². The first-order valence-electron chi connectivity index (χ1n) is 18.5. The summed E-state index contributed by atoms with van der Waals surface area (Å²) in [6.45, 7) is 6.76. The lowest BCUT2D eigenvalue weighted by atomic mass is 9.88. The number of pyridine rings is 1. The van der Waals surface area contributed by atoms with Gasteiger partial charge in [-0.2, -0.15) is 0 Å². The molecule has 0 N–H and O–H groups in total. The maximum Gasteiger partial charge on any atom is 0.149 e. The minimum Gasteiger partial charge on any atom is -0.455 e. The SMILES string of the molecule is [2H]C([2H])([2H])c1ccc2ccc3c(ccc4oc5c(-c6nc7ccccc7n6-c6c(C(C)C)cc(-c7ccccc7)cc6C(C)C)cccc5c43)c2n1. The highest BCUT2D eigenvalue weighted by molar-refractivity contribution is 6.24. The van der Waals surface area contributed by atoms with Crippen molar-refractivity contribution in [3.63, 3.8) is 0 Å². The molecule has 0 aliphatic heterocycles. The lowest BCUT2D eigenvalue weighted by Crippen LogP contribution is -2.09. The molecule has 0 aliphatic carbocycles. The van der Waals surface area contributed by atoms with Crippen LogP contribution in [0.25, 0.3) is 82.8 Å². The number of para-hydroxylation sites is 3. The molecule has 9 rings (SSSR count). The zero-order chi connectivity index (χ0) is 35.9. The molecular weight excluding hydrogens is 599 g/mol. The van der Waals surface area contributed by atoms with E-state index in [1.165, 1.54) is 22.3 Å². The van der Waals surface area contributed by atoms with Gasteiger partial charge in [-0.15, -0.1) is 0 Å². The Morgan fingerprint density at radius 3 is 2.16 bits per heavy atom. The van der Waals surface area contributed by atoms with Crippen molar-refractivity contribution < 1.29 is 8.53 Å². The number of aryl methyl sites for hydroxylation is 1. The van der Waals surface area contributed by atoms with E-state index in [9.17, 15) is 0 Å². The van der Waals surface area contributed by atoms with Crippen LogP contribution in [0.1, 0.15) is 60.5 Å². The van der Waals surface area contributed by atoms with Gasteiger partial charge in [-0.1, -0.05) is 100 Å². The van der Waals surface area contributed by atoms with E-state index in [0.29, 0.717) is 5.52 Å². The molecule has 9 aromatic rings. The molecule has 0 bridgehead atoms. The maximum atomic E-state index is 7.97. The van der Waals surface area contributed by atoms with Gasteiger partial charge in [0.05, 0.1) is 27.8 Å². The molecule has 0 saturated heterocycles. The molecule has 6 aromatic carbocycles. The Morgan fingerprint density at radius 1 is 0.653 bits per heavy atom. The third-order valence-corrected chi connectivity index (χ3v) is 9.86. The maximum absolute atomic E-state index is 7.97. The summed E-state index contributed by atoms with van der Waals surface area (Å²) >= 11 is 0. The molecular formula is C45H37N3O. The molecule has 0 spiro atoms. The Hall–Kier alpha value is -5.74. The van der Waals surface area contributed by atoms with Crippen molar-refractivity contribution in [3.05, 3.63) is 138 Å². The Morgan fingerprint density at radius 2 is 1.39 bits per heavy atom. The van der Waals surface area contributed by atoms with Crippen molar-refractivity contribution in [2.45, 2.75) is 46.4 Å². The standard InChI is InChI=1S/C45H37N3O/c1-26(2)36-24-31(29-12-7-6-8-13-29)25-37(27(3)4)43(36)48-39-17-10-9-16-38(39)47-45(48)35-15-11-14-34-41-32-21-20-30-19-18-28(5)46-42(30)33(32)22-23-40(41)49-44(34)35/h6-27H,1-5H3/i5D3. The lowest BCUT2D eigenvalue weighted by molar-refractivity contribution is 0.669. The number of hydrogen-bond donors (Lipinski definition) is 0. The summed E-state index contributed by atoms with van der Waals surface area (Å²) < 4.78 is 33.0. The topological polar surface area (TPSA) is 43.9 Å². The number of nitrogens with zero attached hydrogens (tertiary/aromatic N) is 3. The zero-order valence-corrected chi connectivity index (χ0v) is 28.0. The Labute approximate surface area is 289 Å². The number of furan rings is 1. The van der Waals surface area contributed by atoms with Crippen molar-refractivity contribution >= 4 is 54.6 Å². The average Bonchev–Trinajstić information content (AvgIpc) is 3.73. The van der Waals surface area contributed by atoms with Gasteiger partial charge in [-0.3, -0.25) is 9.55 Å². The number of benzene rings is 6. The summed E-state index contributed by atoms with van der Waals surface area (Å²) in [5.41, 5.74) is 11.2. The van der Waals surface area contributed by atoms with Crippen molar-refractivity contribution in [2.24, 2.45) is 0 Å². The highest BCUT2D eigenvalue weighted by atomic mass is 16.3. The van der Waals surface area contributed by atoms with Crippen LogP contribution in [-0.4, -0.2) is 14.5 Å². The molecule has 0 atom stereocenters. The number of rotatable bonds is 5. The van der Waals surface area contributed by atoms with E-state index >= 15 is 0 Å². The smallest absolute Gasteiger partial charge is 0.149 e. The molecule has 4 heteroatoms. The van der Waals surface area contributed by atoms with E-state index in [4.69, 9.17) is 13.5 Å². The van der Waals surface area contributed by atoms with Gasteiger partial charge in [0.25, 0.3) is 0 Å². The Balaban J connectivity index is 1.34. The molecule has 0 unspecified atom stereocenters. The molecule has 3 heterocycles. The summed E-state index contributed by atoms with van der Waals surface area (Å²) in [6.07, 6.45) is 0. The first kappa shape index (κ1) is 26.2. The minimum atomic E-state index is -2.30. The predicted molar refractivity (Wildman–Crippen MR) is 205 cm³/mol. The first-order valence-corrected chi connectivity index (χ1v) is 17.0. The van der Waals surface area contributed by atoms with Crippen LogP contribution in [0.15, 0.2) is 126 Å². The number of imidazole rings is 1. The monoisotopic (exact) mass is 638 g/mol. The molecule has 0 saturated carbocycles. The molecule has 0 radical (unpaired) electrons. The molecule has 0 amide bonds. The van der Waals surface area contributed by atoms with Crippen LogP contribution < -0.4 is 0 Å². The summed E-state index contributed by atoms with van der Waals surface area (Å²) in [6, 6.07) is 41.4. The van der Waals surface area contributed by atoms with Gasteiger partial charge in [0.15, 0.2) is 0 Å². The van der Waals surface area contributed by atoms with E-state index in [2.05, 4.69) is 122 Å². The van der Waals surface area contributed by atoms with Gasteiger partial charge < -0.3 is 4.42 Å². The van der Waals surface area contributed by atoms with Crippen LogP contribution in [0.5, 0.6) is 0 Å². The summed E-state index contributed by atoms with van der Waals surface area (Å²) in [7, 11) is 0. The van der Waals surface area contributed by atoms with Gasteiger partial charge in [0, 0.05) is 31.4 Å². The van der Waals surface area contributed by atoms with Gasteiger partial charge in [0.2, 0.25) is 0 Å². The Bertz CT molecular complexity index is 2820. The second kappa shape index (κ2) is 11.2. The van der Waals surface area contributed by atoms with Gasteiger partial charge in [-0.05, 0) is 94.9 Å². The van der Waals surface area contributed by atoms with Gasteiger partial charge in [0.1, 0.15) is 17.0 Å². The number of hydrogen-bond acceptors (Lipinski definition) is 3. The largest absolute Gasteiger partial charge is 0.455 e. The first-order chi connectivity index (χ1) is 25.1. The summed E-state index contributed by atoms with van der Waals surface area (Å²) in [4.78, 5) is 9.98. The summed E-state index contributed by atoms with van der Waals surface area (Å²) in [5, 5.41) is 4.68. The highest BCUT2D eigenvalue weighted by Crippen LogP contribution is 2.44. The van der Waals surface area contributed by atoms with Crippen molar-refractivity contribution in [1.29, 1.82) is 0 Å². The fraction of sp³-hybridized carbons (Fsp3) is 0.156. The normalized spacial score (nSPS) is 13.3. The second-order valence-corrected chi connectivity index (χ2v) is 13.6. The third kappa shape index (κ3) is 4.58. The predicted octanol–water partition coefficient (Wildman–Crippen LogP) is 12.5. The van der Waals surface area contributed by atoms with Crippen LogP contribution in [0.2, 0.25) is 0 Å². The molecule has 3 aromatic heterocycles. The van der Waals surface area contributed by atoms with Crippen LogP contribution in [-0.2, 0) is 0 Å². The van der Waals surface area contributed by atoms with Crippen LogP contribution in [0.3, 0.4) is 0 Å². The number of aromatic nitrogens is 3. The second-order valence-electron chi connectivity index (χ2n) is 13.6. The van der Waals surface area contributed by atoms with Gasteiger partial charge in [-0.25, -0.2) is 4.98 Å². The molecule has 0 aliphatic rings. The fourth-order valence-corrected chi connectivity index (χ4v) is 7.51. The van der Waals surface area contributed by atoms with Crippen molar-refractivity contribution in [2.75, 3.05) is 0 Å². The molecule has 4 nitrogen and oxygen atoms in total. The number of fused-ring (bicyclic) bond motifs is 8. The zero-order valence-electron chi connectivity index (χ0n) is 31.0. The average molecular weight is 639 g/mol. The fourth-order valence-electron chi connectivity index (χ4n) is 7.51. The molecule has 0 fully saturated rings. The van der Waals surface area contributed by atoms with E-state index in [1.54, 1.807) is 6.07 Å². The van der Waals surface area contributed by atoms with E-state index in [-0.39, 0.29) is 17.5 Å². The quantitative estimate of drug-likeness (QED) is 0.176. The van der Waals surface area contributed by atoms with E-state index < -0.39 is 6.85 Å². The van der Waals surface area contributed by atoms with Crippen molar-refractivity contribution in [1.82, 2.24) is 14.5 Å². The van der Waals surface area contributed by atoms with Crippen molar-refractivity contribution in [3.8, 4) is 28.2 Å². The molecule has 238 valence electrons. The summed E-state index contributed by atoms with van der Waals surface area (Å²) in [5.74, 6) is 1.31. The van der Waals surface area contributed by atoms with Crippen LogP contribution in [0, 0.1) is 6.85 Å².